The van der Waals surface area contributed by atoms with Crippen molar-refractivity contribution < 1.29 is 18.9 Å². The van der Waals surface area contributed by atoms with Crippen molar-refractivity contribution >= 4 is 0 Å². The molecule has 2 aromatic rings. The summed E-state index contributed by atoms with van der Waals surface area (Å²) in [6.07, 6.45) is 2.35. The van der Waals surface area contributed by atoms with Crippen molar-refractivity contribution in [2.45, 2.75) is 12.2 Å². The van der Waals surface area contributed by atoms with Gasteiger partial charge in [0.05, 0.1) is 20.8 Å². The van der Waals surface area contributed by atoms with Crippen molar-refractivity contribution in [3.05, 3.63) is 66.2 Å². The van der Waals surface area contributed by atoms with Crippen molar-refractivity contribution in [3.8, 4) is 17.2 Å². The summed E-state index contributed by atoms with van der Waals surface area (Å²) in [5.74, 6) is 1.28. The molecule has 120 valence electrons. The summed E-state index contributed by atoms with van der Waals surface area (Å²) in [5, 5.41) is 0. The number of ether oxygens (including phenoxy) is 4. The Kier molecular flexibility index (Phi) is 4.26. The van der Waals surface area contributed by atoms with Crippen LogP contribution in [0.2, 0.25) is 0 Å². The van der Waals surface area contributed by atoms with Crippen LogP contribution in [0.25, 0.3) is 0 Å². The number of hydrogen-bond donors (Lipinski definition) is 0. The van der Waals surface area contributed by atoms with Crippen LogP contribution in [0.5, 0.6) is 17.2 Å². The molecule has 0 amide bonds. The Morgan fingerprint density at radius 3 is 2.61 bits per heavy atom. The number of fused-ring (bicyclic) bond motifs is 1. The van der Waals surface area contributed by atoms with Crippen LogP contribution >= 0.6 is 0 Å². The first-order valence-electron chi connectivity index (χ1n) is 7.46. The molecule has 2 aromatic carbocycles. The van der Waals surface area contributed by atoms with Crippen LogP contribution in [0.4, 0.5) is 0 Å². The molecule has 1 unspecified atom stereocenters. The summed E-state index contributed by atoms with van der Waals surface area (Å²) in [4.78, 5) is 0. The van der Waals surface area contributed by atoms with Crippen LogP contribution in [0.3, 0.4) is 0 Å². The number of benzene rings is 2. The van der Waals surface area contributed by atoms with E-state index >= 15 is 0 Å². The molecule has 23 heavy (non-hydrogen) atoms. The van der Waals surface area contributed by atoms with E-state index in [1.807, 2.05) is 36.4 Å². The largest absolute Gasteiger partial charge is 0.493 e. The fourth-order valence-electron chi connectivity index (χ4n) is 2.81. The molecule has 0 spiro atoms. The van der Waals surface area contributed by atoms with Crippen LogP contribution in [-0.2, 0) is 16.9 Å². The molecule has 0 fully saturated rings. The first-order chi connectivity index (χ1) is 11.2. The van der Waals surface area contributed by atoms with Crippen LogP contribution < -0.4 is 14.2 Å². The molecular weight excluding hydrogens is 292 g/mol. The Bertz CT molecular complexity index is 683. The van der Waals surface area contributed by atoms with Gasteiger partial charge in [0.15, 0.2) is 11.5 Å². The van der Waals surface area contributed by atoms with Gasteiger partial charge in [0.2, 0.25) is 5.79 Å². The number of hydrogen-bond acceptors (Lipinski definition) is 4. The number of methoxy groups -OCH3 is 2. The maximum Gasteiger partial charge on any atom is 0.242 e. The second-order valence-corrected chi connectivity index (χ2v) is 5.31. The van der Waals surface area contributed by atoms with E-state index in [-0.39, 0.29) is 0 Å². The van der Waals surface area contributed by atoms with Crippen molar-refractivity contribution in [2.24, 2.45) is 0 Å². The van der Waals surface area contributed by atoms with Crippen LogP contribution in [-0.4, -0.2) is 20.8 Å². The molecule has 0 saturated carbocycles. The summed E-state index contributed by atoms with van der Waals surface area (Å²) < 4.78 is 22.9. The molecular formula is C19H20O4. The number of para-hydroxylation sites is 1. The first-order valence-corrected chi connectivity index (χ1v) is 7.46. The molecule has 3 rings (SSSR count). The summed E-state index contributed by atoms with van der Waals surface area (Å²) in [7, 11) is 3.23. The van der Waals surface area contributed by atoms with Gasteiger partial charge in [-0.05, 0) is 24.3 Å². The van der Waals surface area contributed by atoms with Crippen molar-refractivity contribution in [2.75, 3.05) is 20.8 Å². The van der Waals surface area contributed by atoms with Crippen molar-refractivity contribution in [1.82, 2.24) is 0 Å². The SMILES string of the molecule is C=CCOC1(c2ccc(OC)c(OC)c2)Cc2ccccc2O1. The van der Waals surface area contributed by atoms with Gasteiger partial charge < -0.3 is 18.9 Å². The zero-order valence-electron chi connectivity index (χ0n) is 13.4. The molecule has 0 aromatic heterocycles. The van der Waals surface area contributed by atoms with Gasteiger partial charge in [-0.1, -0.05) is 24.3 Å². The lowest BCUT2D eigenvalue weighted by Crippen LogP contribution is -2.35. The van der Waals surface area contributed by atoms with Gasteiger partial charge in [-0.25, -0.2) is 0 Å². The lowest BCUT2D eigenvalue weighted by Gasteiger charge is -2.29. The van der Waals surface area contributed by atoms with Gasteiger partial charge in [0.1, 0.15) is 5.75 Å². The Balaban J connectivity index is 2.03. The van der Waals surface area contributed by atoms with Crippen LogP contribution in [0, 0.1) is 0 Å². The van der Waals surface area contributed by atoms with Gasteiger partial charge in [0.25, 0.3) is 0 Å². The minimum atomic E-state index is -0.878. The second kappa shape index (κ2) is 6.34. The van der Waals surface area contributed by atoms with Gasteiger partial charge in [-0.2, -0.15) is 0 Å². The quantitative estimate of drug-likeness (QED) is 0.762. The van der Waals surface area contributed by atoms with E-state index in [0.29, 0.717) is 24.5 Å². The Morgan fingerprint density at radius 2 is 1.91 bits per heavy atom. The normalized spacial score (nSPS) is 18.9. The smallest absolute Gasteiger partial charge is 0.242 e. The third-order valence-corrected chi connectivity index (χ3v) is 3.93. The maximum atomic E-state index is 6.19. The minimum absolute atomic E-state index is 0.391. The van der Waals surface area contributed by atoms with E-state index in [1.165, 1.54) is 0 Å². The van der Waals surface area contributed by atoms with Gasteiger partial charge in [-0.15, -0.1) is 6.58 Å². The molecule has 1 atom stereocenters. The highest BCUT2D eigenvalue weighted by Gasteiger charge is 2.42. The third kappa shape index (κ3) is 2.78. The highest BCUT2D eigenvalue weighted by molar-refractivity contribution is 5.47. The average molecular weight is 312 g/mol. The molecule has 0 N–H and O–H groups in total. The Labute approximate surface area is 136 Å². The molecule has 0 radical (unpaired) electrons. The molecule has 0 aliphatic carbocycles. The van der Waals surface area contributed by atoms with Crippen molar-refractivity contribution in [3.63, 3.8) is 0 Å². The van der Waals surface area contributed by atoms with Crippen LogP contribution in [0.15, 0.2) is 55.1 Å². The summed E-state index contributed by atoms with van der Waals surface area (Å²) >= 11 is 0. The predicted molar refractivity (Wildman–Crippen MR) is 88.1 cm³/mol. The third-order valence-electron chi connectivity index (χ3n) is 3.93. The van der Waals surface area contributed by atoms with E-state index < -0.39 is 5.79 Å². The predicted octanol–water partition coefficient (Wildman–Crippen LogP) is 3.69. The fourth-order valence-corrected chi connectivity index (χ4v) is 2.81. The molecule has 1 heterocycles. The highest BCUT2D eigenvalue weighted by Crippen LogP contribution is 2.44. The number of rotatable bonds is 6. The fraction of sp³-hybridized carbons (Fsp3) is 0.263. The van der Waals surface area contributed by atoms with Gasteiger partial charge >= 0.3 is 0 Å². The lowest BCUT2D eigenvalue weighted by molar-refractivity contribution is -0.170. The molecule has 1 aliphatic rings. The molecule has 0 saturated heterocycles. The molecule has 1 aliphatic heterocycles. The van der Waals surface area contributed by atoms with Gasteiger partial charge in [-0.3, -0.25) is 0 Å². The second-order valence-electron chi connectivity index (χ2n) is 5.31. The van der Waals surface area contributed by atoms with E-state index in [4.69, 9.17) is 18.9 Å². The lowest BCUT2D eigenvalue weighted by atomic mass is 9.99. The maximum absolute atomic E-state index is 6.19. The highest BCUT2D eigenvalue weighted by atomic mass is 16.7. The zero-order chi connectivity index (χ0) is 16.3. The molecule has 0 bridgehead atoms. The Hall–Kier alpha value is -2.46. The summed E-state index contributed by atoms with van der Waals surface area (Å²) in [6.45, 7) is 4.12. The summed E-state index contributed by atoms with van der Waals surface area (Å²) in [6, 6.07) is 13.7. The Morgan fingerprint density at radius 1 is 1.13 bits per heavy atom. The molecule has 4 nitrogen and oxygen atoms in total. The summed E-state index contributed by atoms with van der Waals surface area (Å²) in [5.41, 5.74) is 2.00. The first kappa shape index (κ1) is 15.4. The average Bonchev–Trinajstić information content (AvgIpc) is 2.99. The van der Waals surface area contributed by atoms with Crippen molar-refractivity contribution in [1.29, 1.82) is 0 Å². The minimum Gasteiger partial charge on any atom is -0.493 e. The van der Waals surface area contributed by atoms with E-state index in [1.54, 1.807) is 20.3 Å². The zero-order valence-corrected chi connectivity index (χ0v) is 13.4. The van der Waals surface area contributed by atoms with E-state index in [9.17, 15) is 0 Å². The van der Waals surface area contributed by atoms with Gasteiger partial charge in [0, 0.05) is 17.5 Å². The van der Waals surface area contributed by atoms with E-state index in [0.717, 1.165) is 16.9 Å². The van der Waals surface area contributed by atoms with Crippen LogP contribution in [0.1, 0.15) is 11.1 Å². The standard InChI is InChI=1S/C19H20O4/c1-4-11-22-19(13-14-7-5-6-8-16(14)23-19)15-9-10-17(20-2)18(12-15)21-3/h4-10,12H,1,11,13H2,2-3H3. The molecule has 4 heteroatoms. The van der Waals surface area contributed by atoms with E-state index in [2.05, 4.69) is 12.6 Å². The topological polar surface area (TPSA) is 36.9 Å². The monoisotopic (exact) mass is 312 g/mol.